The third kappa shape index (κ3) is 1.22. The van der Waals surface area contributed by atoms with E-state index in [-0.39, 0.29) is 0 Å². The third-order valence-electron chi connectivity index (χ3n) is 2.34. The topological polar surface area (TPSA) is 8.81 Å². The molecule has 2 aromatic rings. The zero-order chi connectivity index (χ0) is 9.26. The lowest BCUT2D eigenvalue weighted by Gasteiger charge is -1.98. The molecule has 0 aliphatic rings. The Morgan fingerprint density at radius 3 is 2.77 bits per heavy atom. The second kappa shape index (κ2) is 3.21. The standard InChI is InChI=1S/C11H14N2/c1-3-12-9-13(4-2)11-8-6-5-7-10(11)12/h5-8H,3-4H2,1-2H3. The van der Waals surface area contributed by atoms with Crippen molar-refractivity contribution in [3.8, 4) is 0 Å². The molecule has 1 aromatic carbocycles. The van der Waals surface area contributed by atoms with Gasteiger partial charge in [0.1, 0.15) is 0 Å². The van der Waals surface area contributed by atoms with E-state index in [0.29, 0.717) is 0 Å². The molecule has 0 spiro atoms. The minimum atomic E-state index is 0.980. The average molecular weight is 174 g/mol. The fourth-order valence-electron chi connectivity index (χ4n) is 1.66. The van der Waals surface area contributed by atoms with Crippen LogP contribution in [0.3, 0.4) is 0 Å². The lowest BCUT2D eigenvalue weighted by Crippen LogP contribution is -2.30. The van der Waals surface area contributed by atoms with Gasteiger partial charge in [-0.1, -0.05) is 24.3 Å². The molecule has 1 heterocycles. The number of aromatic nitrogens is 2. The maximum atomic E-state index is 3.32. The molecule has 0 saturated carbocycles. The molecule has 2 heteroatoms. The summed E-state index contributed by atoms with van der Waals surface area (Å²) in [6.07, 6.45) is 3.32. The van der Waals surface area contributed by atoms with Crippen molar-refractivity contribution in [3.63, 3.8) is 0 Å². The summed E-state index contributed by atoms with van der Waals surface area (Å²) in [6.45, 7) is 6.24. The average Bonchev–Trinajstić information content (AvgIpc) is 2.56. The van der Waals surface area contributed by atoms with Crippen molar-refractivity contribution in [2.45, 2.75) is 26.9 Å². The van der Waals surface area contributed by atoms with E-state index >= 15 is 0 Å². The molecule has 0 aliphatic heterocycles. The molecule has 0 amide bonds. The normalized spacial score (nSPS) is 10.9. The number of nitrogens with zero attached hydrogens (tertiary/aromatic N) is 2. The van der Waals surface area contributed by atoms with Crippen LogP contribution in [0.4, 0.5) is 0 Å². The summed E-state index contributed by atoms with van der Waals surface area (Å²) in [5.74, 6) is 0. The number of hydrogen-bond donors (Lipinski definition) is 0. The first kappa shape index (κ1) is 8.30. The van der Waals surface area contributed by atoms with Crippen LogP contribution in [-0.4, -0.2) is 4.57 Å². The zero-order valence-corrected chi connectivity index (χ0v) is 8.12. The van der Waals surface area contributed by atoms with Crippen LogP contribution in [0.2, 0.25) is 0 Å². The lowest BCUT2D eigenvalue weighted by atomic mass is 10.3. The van der Waals surface area contributed by atoms with Gasteiger partial charge in [-0.25, -0.2) is 0 Å². The van der Waals surface area contributed by atoms with E-state index in [4.69, 9.17) is 0 Å². The molecule has 0 radical (unpaired) electrons. The number of aryl methyl sites for hydroxylation is 2. The Bertz CT molecular complexity index is 377. The highest BCUT2D eigenvalue weighted by atomic mass is 15.1. The summed E-state index contributed by atoms with van der Waals surface area (Å²) >= 11 is 0. The van der Waals surface area contributed by atoms with Crippen LogP contribution in [-0.2, 0) is 13.1 Å². The van der Waals surface area contributed by atoms with Gasteiger partial charge in [-0.05, 0) is 13.8 Å². The zero-order valence-electron chi connectivity index (χ0n) is 8.12. The van der Waals surface area contributed by atoms with Crippen LogP contribution in [0.5, 0.6) is 0 Å². The van der Waals surface area contributed by atoms with Crippen LogP contribution >= 0.6 is 0 Å². The third-order valence-corrected chi connectivity index (χ3v) is 2.34. The number of hydrogen-bond acceptors (Lipinski definition) is 0. The quantitative estimate of drug-likeness (QED) is 0.484. The van der Waals surface area contributed by atoms with Crippen molar-refractivity contribution in [2.75, 3.05) is 0 Å². The highest BCUT2D eigenvalue weighted by Crippen LogP contribution is 2.09. The summed E-state index contributed by atoms with van der Waals surface area (Å²) in [4.78, 5) is 0. The van der Waals surface area contributed by atoms with E-state index < -0.39 is 0 Å². The molecule has 0 bridgehead atoms. The molecule has 0 unspecified atom stereocenters. The van der Waals surface area contributed by atoms with Gasteiger partial charge in [-0.15, -0.1) is 0 Å². The molecule has 13 heavy (non-hydrogen) atoms. The maximum absolute atomic E-state index is 3.32. The largest absolute Gasteiger partial charge is 0.344 e. The van der Waals surface area contributed by atoms with Gasteiger partial charge in [0.25, 0.3) is 0 Å². The molecular weight excluding hydrogens is 160 g/mol. The number of rotatable bonds is 2. The van der Waals surface area contributed by atoms with E-state index in [1.807, 2.05) is 0 Å². The van der Waals surface area contributed by atoms with Crippen molar-refractivity contribution < 1.29 is 4.57 Å². The molecule has 2 nitrogen and oxygen atoms in total. The second-order valence-corrected chi connectivity index (χ2v) is 3.08. The van der Waals surface area contributed by atoms with Crippen molar-refractivity contribution >= 4 is 11.0 Å². The predicted octanol–water partition coefficient (Wildman–Crippen LogP) is 1.77. The summed E-state index contributed by atoms with van der Waals surface area (Å²) in [5, 5.41) is 0. The van der Waals surface area contributed by atoms with Gasteiger partial charge in [0, 0.05) is 11.0 Å². The number of imidazole rings is 1. The maximum Gasteiger partial charge on any atom is 0.204 e. The Balaban J connectivity index is 2.74. The Hall–Kier alpha value is -1.31. The summed E-state index contributed by atoms with van der Waals surface area (Å²) in [6, 6.07) is 8.42. The summed E-state index contributed by atoms with van der Waals surface area (Å²) < 4.78 is 4.30. The highest BCUT2D eigenvalue weighted by molar-refractivity contribution is 5.71. The number of para-hydroxylation sites is 2. The van der Waals surface area contributed by atoms with Gasteiger partial charge in [0.15, 0.2) is 0 Å². The van der Waals surface area contributed by atoms with Gasteiger partial charge in [0.2, 0.25) is 6.33 Å². The summed E-state index contributed by atoms with van der Waals surface area (Å²) in [7, 11) is 0. The first-order valence-corrected chi connectivity index (χ1v) is 4.77. The van der Waals surface area contributed by atoms with Crippen molar-refractivity contribution in [1.29, 1.82) is 0 Å². The Kier molecular flexibility index (Phi) is 2.05. The van der Waals surface area contributed by atoms with Gasteiger partial charge in [-0.3, -0.25) is 0 Å². The van der Waals surface area contributed by atoms with Crippen molar-refractivity contribution in [3.05, 3.63) is 30.6 Å². The van der Waals surface area contributed by atoms with E-state index in [9.17, 15) is 0 Å². The fourth-order valence-corrected chi connectivity index (χ4v) is 1.66. The molecule has 0 atom stereocenters. The van der Waals surface area contributed by atoms with Crippen molar-refractivity contribution in [2.24, 2.45) is 0 Å². The SMILES string of the molecule is CCn1[c-][n+](CC)c2ccccc21. The van der Waals surface area contributed by atoms with E-state index in [1.54, 1.807) is 0 Å². The molecule has 2 rings (SSSR count). The van der Waals surface area contributed by atoms with Crippen molar-refractivity contribution in [1.82, 2.24) is 4.57 Å². The molecule has 0 saturated heterocycles. The first-order valence-electron chi connectivity index (χ1n) is 4.77. The Morgan fingerprint density at radius 1 is 1.31 bits per heavy atom. The van der Waals surface area contributed by atoms with E-state index in [1.165, 1.54) is 11.0 Å². The first-order chi connectivity index (χ1) is 6.36. The van der Waals surface area contributed by atoms with E-state index in [0.717, 1.165) is 13.1 Å². The van der Waals surface area contributed by atoms with E-state index in [2.05, 4.69) is 53.6 Å². The molecule has 0 fully saturated rings. The van der Waals surface area contributed by atoms with Crippen LogP contribution in [0, 0.1) is 6.33 Å². The molecule has 0 aliphatic carbocycles. The van der Waals surface area contributed by atoms with Crippen LogP contribution < -0.4 is 4.57 Å². The molecule has 68 valence electrons. The van der Waals surface area contributed by atoms with Crippen LogP contribution in [0.1, 0.15) is 13.8 Å². The molecular formula is C11H14N2. The van der Waals surface area contributed by atoms with Crippen LogP contribution in [0.15, 0.2) is 24.3 Å². The molecule has 0 N–H and O–H groups in total. The smallest absolute Gasteiger partial charge is 0.204 e. The number of benzene rings is 1. The highest BCUT2D eigenvalue weighted by Gasteiger charge is 2.01. The second-order valence-electron chi connectivity index (χ2n) is 3.08. The Morgan fingerprint density at radius 2 is 2.08 bits per heavy atom. The predicted molar refractivity (Wildman–Crippen MR) is 52.3 cm³/mol. The minimum absolute atomic E-state index is 0.980. The minimum Gasteiger partial charge on any atom is -0.344 e. The van der Waals surface area contributed by atoms with Gasteiger partial charge in [-0.2, -0.15) is 0 Å². The van der Waals surface area contributed by atoms with Crippen LogP contribution in [0.25, 0.3) is 11.0 Å². The van der Waals surface area contributed by atoms with Gasteiger partial charge < -0.3 is 9.13 Å². The Labute approximate surface area is 78.4 Å². The van der Waals surface area contributed by atoms with Gasteiger partial charge >= 0.3 is 0 Å². The summed E-state index contributed by atoms with van der Waals surface area (Å²) in [5.41, 5.74) is 2.54. The fraction of sp³-hybridized carbons (Fsp3) is 0.364. The number of fused-ring (bicyclic) bond motifs is 1. The molecule has 1 aromatic heterocycles. The van der Waals surface area contributed by atoms with Gasteiger partial charge in [0.05, 0.1) is 13.1 Å². The monoisotopic (exact) mass is 174 g/mol. The lowest BCUT2D eigenvalue weighted by molar-refractivity contribution is -0.672.